The van der Waals surface area contributed by atoms with Gasteiger partial charge in [0.2, 0.25) is 0 Å². The highest BCUT2D eigenvalue weighted by Gasteiger charge is 2.30. The van der Waals surface area contributed by atoms with E-state index < -0.39 is 5.60 Å². The minimum absolute atomic E-state index is 0.122. The molecule has 0 radical (unpaired) electrons. The maximum Gasteiger partial charge on any atom is 0.410 e. The minimum atomic E-state index is -0.503. The van der Waals surface area contributed by atoms with E-state index in [9.17, 15) is 4.79 Å². The number of nitrogens with zero attached hydrogens (tertiary/aromatic N) is 5. The Bertz CT molecular complexity index is 1390. The quantitative estimate of drug-likeness (QED) is 0.353. The van der Waals surface area contributed by atoms with Crippen LogP contribution in [0.1, 0.15) is 56.7 Å². The van der Waals surface area contributed by atoms with E-state index in [0.29, 0.717) is 35.1 Å². The van der Waals surface area contributed by atoms with Crippen LogP contribution >= 0.6 is 11.6 Å². The average Bonchev–Trinajstić information content (AvgIpc) is 3.36. The van der Waals surface area contributed by atoms with Crippen LogP contribution in [0.4, 0.5) is 4.79 Å². The summed E-state index contributed by atoms with van der Waals surface area (Å²) in [7, 11) is 0. The van der Waals surface area contributed by atoms with E-state index in [1.807, 2.05) is 59.0 Å². The monoisotopic (exact) mass is 481 g/mol. The third-order valence-corrected chi connectivity index (χ3v) is 6.26. The number of oxazole rings is 1. The number of piperidine rings is 1. The molecule has 1 amide bonds. The van der Waals surface area contributed by atoms with Crippen LogP contribution in [0.3, 0.4) is 0 Å². The Morgan fingerprint density at radius 2 is 1.88 bits per heavy atom. The maximum atomic E-state index is 12.4. The molecule has 1 aliphatic rings. The van der Waals surface area contributed by atoms with E-state index in [2.05, 4.69) is 4.98 Å². The van der Waals surface area contributed by atoms with Crippen LogP contribution < -0.4 is 0 Å². The minimum Gasteiger partial charge on any atom is -0.444 e. The van der Waals surface area contributed by atoms with Gasteiger partial charge in [-0.1, -0.05) is 11.6 Å². The van der Waals surface area contributed by atoms with Crippen LogP contribution in [-0.2, 0) is 4.74 Å². The van der Waals surface area contributed by atoms with Crippen molar-refractivity contribution in [3.8, 4) is 11.3 Å². The highest BCUT2D eigenvalue weighted by Crippen LogP contribution is 2.35. The molecule has 0 bridgehead atoms. The Labute approximate surface area is 202 Å². The van der Waals surface area contributed by atoms with Crippen LogP contribution in [0.25, 0.3) is 28.0 Å². The van der Waals surface area contributed by atoms with Gasteiger partial charge < -0.3 is 14.1 Å². The molecule has 8 nitrogen and oxygen atoms in total. The van der Waals surface area contributed by atoms with E-state index in [0.717, 1.165) is 41.0 Å². The molecule has 4 heterocycles. The molecule has 5 rings (SSSR count). The topological polar surface area (TPSA) is 85.8 Å². The number of ether oxygens (including phenoxy) is 1. The number of aryl methyl sites for hydroxylation is 2. The summed E-state index contributed by atoms with van der Waals surface area (Å²) >= 11 is 6.60. The van der Waals surface area contributed by atoms with Crippen LogP contribution in [0, 0.1) is 13.8 Å². The van der Waals surface area contributed by atoms with Crippen molar-refractivity contribution < 1.29 is 13.9 Å². The first-order chi connectivity index (χ1) is 16.1. The van der Waals surface area contributed by atoms with Crippen molar-refractivity contribution in [2.75, 3.05) is 13.1 Å². The molecule has 0 aliphatic carbocycles. The number of imidazole rings is 1. The van der Waals surface area contributed by atoms with Crippen LogP contribution in [0.5, 0.6) is 0 Å². The molecule has 0 spiro atoms. The molecule has 9 heteroatoms. The van der Waals surface area contributed by atoms with Crippen LogP contribution in [0.2, 0.25) is 5.02 Å². The molecule has 1 saturated heterocycles. The van der Waals surface area contributed by atoms with Gasteiger partial charge in [0.05, 0.1) is 22.6 Å². The lowest BCUT2D eigenvalue weighted by molar-refractivity contribution is 0.0199. The van der Waals surface area contributed by atoms with Crippen molar-refractivity contribution >= 4 is 34.4 Å². The van der Waals surface area contributed by atoms with E-state index in [4.69, 9.17) is 30.8 Å². The molecule has 178 valence electrons. The smallest absolute Gasteiger partial charge is 0.410 e. The Balaban J connectivity index is 1.39. The largest absolute Gasteiger partial charge is 0.444 e. The normalized spacial score (nSPS) is 15.4. The number of halogens is 1. The average molecular weight is 482 g/mol. The molecule has 0 saturated carbocycles. The van der Waals surface area contributed by atoms with Gasteiger partial charge in [-0.25, -0.2) is 19.3 Å². The molecule has 0 N–H and O–H groups in total. The summed E-state index contributed by atoms with van der Waals surface area (Å²) in [5.41, 5.74) is 5.23. The van der Waals surface area contributed by atoms with Gasteiger partial charge in [0.15, 0.2) is 17.1 Å². The SMILES string of the molecule is Cc1cn2nc(-c3cc(Cl)c4oc(C5CCN(C(=O)OC(C)(C)C)CC5)nc4c3)cc(C)c2n1. The second-order valence-electron chi connectivity index (χ2n) is 9.96. The zero-order chi connectivity index (χ0) is 24.2. The Kier molecular flexibility index (Phi) is 5.51. The first kappa shape index (κ1) is 22.7. The van der Waals surface area contributed by atoms with Gasteiger partial charge in [-0.15, -0.1) is 0 Å². The fourth-order valence-corrected chi connectivity index (χ4v) is 4.61. The van der Waals surface area contributed by atoms with Crippen molar-refractivity contribution in [3.63, 3.8) is 0 Å². The van der Waals surface area contributed by atoms with E-state index in [-0.39, 0.29) is 12.0 Å². The van der Waals surface area contributed by atoms with Crippen molar-refractivity contribution in [1.29, 1.82) is 0 Å². The summed E-state index contributed by atoms with van der Waals surface area (Å²) in [4.78, 5) is 23.4. The lowest BCUT2D eigenvalue weighted by Gasteiger charge is -2.32. The third kappa shape index (κ3) is 4.34. The second kappa shape index (κ2) is 8.27. The third-order valence-electron chi connectivity index (χ3n) is 5.98. The Hall–Kier alpha value is -3.13. The molecule has 34 heavy (non-hydrogen) atoms. The molecule has 0 atom stereocenters. The predicted octanol–water partition coefficient (Wildman–Crippen LogP) is 5.92. The van der Waals surface area contributed by atoms with Crippen LogP contribution in [0.15, 0.2) is 28.8 Å². The van der Waals surface area contributed by atoms with Crippen molar-refractivity contribution in [2.45, 2.75) is 59.0 Å². The van der Waals surface area contributed by atoms with E-state index in [1.165, 1.54) is 0 Å². The molecular weight excluding hydrogens is 454 g/mol. The number of hydrogen-bond acceptors (Lipinski definition) is 6. The fraction of sp³-hybridized carbons (Fsp3) is 0.440. The van der Waals surface area contributed by atoms with Gasteiger partial charge in [-0.3, -0.25) is 0 Å². The second-order valence-corrected chi connectivity index (χ2v) is 10.4. The predicted molar refractivity (Wildman–Crippen MR) is 130 cm³/mol. The molecule has 4 aromatic rings. The summed E-state index contributed by atoms with van der Waals surface area (Å²) < 4.78 is 13.4. The standard InChI is InChI=1S/C25H28ClN5O3/c1-14-10-19(29-31-13-15(2)27-22(14)31)17-11-18(26)21-20(12-17)28-23(33-21)16-6-8-30(9-7-16)24(32)34-25(3,4)5/h10-13,16H,6-9H2,1-5H3. The number of benzene rings is 1. The zero-order valence-electron chi connectivity index (χ0n) is 20.1. The van der Waals surface area contributed by atoms with Gasteiger partial charge in [-0.2, -0.15) is 5.10 Å². The highest BCUT2D eigenvalue weighted by atomic mass is 35.5. The van der Waals surface area contributed by atoms with Crippen LogP contribution in [-0.4, -0.2) is 49.3 Å². The highest BCUT2D eigenvalue weighted by molar-refractivity contribution is 6.35. The summed E-state index contributed by atoms with van der Waals surface area (Å²) in [6.07, 6.45) is 3.15. The molecule has 3 aromatic heterocycles. The van der Waals surface area contributed by atoms with E-state index >= 15 is 0 Å². The van der Waals surface area contributed by atoms with Crippen molar-refractivity contribution in [3.05, 3.63) is 46.6 Å². The van der Waals surface area contributed by atoms with E-state index in [1.54, 1.807) is 9.42 Å². The number of likely N-dealkylation sites (tertiary alicyclic amines) is 1. The fourth-order valence-electron chi connectivity index (χ4n) is 4.35. The molecule has 1 aromatic carbocycles. The van der Waals surface area contributed by atoms with Crippen molar-refractivity contribution in [2.24, 2.45) is 0 Å². The zero-order valence-corrected chi connectivity index (χ0v) is 20.8. The summed E-state index contributed by atoms with van der Waals surface area (Å²) in [5.74, 6) is 0.777. The first-order valence-corrected chi connectivity index (χ1v) is 11.9. The Morgan fingerprint density at radius 1 is 1.15 bits per heavy atom. The molecule has 1 fully saturated rings. The first-order valence-electron chi connectivity index (χ1n) is 11.5. The molecule has 0 unspecified atom stereocenters. The molecular formula is C25H28ClN5O3. The number of hydrogen-bond donors (Lipinski definition) is 0. The van der Waals surface area contributed by atoms with Gasteiger partial charge in [0.25, 0.3) is 0 Å². The summed E-state index contributed by atoms with van der Waals surface area (Å²) in [6, 6.07) is 5.83. The lowest BCUT2D eigenvalue weighted by Crippen LogP contribution is -2.41. The number of carbonyl (C=O) groups excluding carboxylic acids is 1. The van der Waals surface area contributed by atoms with Crippen molar-refractivity contribution in [1.82, 2.24) is 24.5 Å². The van der Waals surface area contributed by atoms with Gasteiger partial charge in [0, 0.05) is 24.6 Å². The number of rotatable bonds is 2. The number of fused-ring (bicyclic) bond motifs is 2. The summed E-state index contributed by atoms with van der Waals surface area (Å²) in [5, 5.41) is 5.21. The lowest BCUT2D eigenvalue weighted by atomic mass is 9.97. The molecule has 1 aliphatic heterocycles. The van der Waals surface area contributed by atoms with Gasteiger partial charge >= 0.3 is 6.09 Å². The van der Waals surface area contributed by atoms with Gasteiger partial charge in [-0.05, 0) is 71.2 Å². The number of aromatic nitrogens is 4. The maximum absolute atomic E-state index is 12.4. The Morgan fingerprint density at radius 3 is 2.59 bits per heavy atom. The number of amides is 1. The summed E-state index contributed by atoms with van der Waals surface area (Å²) in [6.45, 7) is 10.8. The van der Waals surface area contributed by atoms with Gasteiger partial charge in [0.1, 0.15) is 11.1 Å². The number of carbonyl (C=O) groups is 1.